The molecule has 0 radical (unpaired) electrons. The van der Waals surface area contributed by atoms with Gasteiger partial charge in [-0.15, -0.1) is 0 Å². The van der Waals surface area contributed by atoms with Crippen LogP contribution in [-0.4, -0.2) is 56.9 Å². The minimum atomic E-state index is -1.33. The van der Waals surface area contributed by atoms with Gasteiger partial charge in [0.15, 0.2) is 0 Å². The summed E-state index contributed by atoms with van der Waals surface area (Å²) in [7, 11) is 1.26. The van der Waals surface area contributed by atoms with E-state index in [1.165, 1.54) is 7.11 Å². The van der Waals surface area contributed by atoms with Gasteiger partial charge in [0.05, 0.1) is 30.5 Å². The summed E-state index contributed by atoms with van der Waals surface area (Å²) in [6, 6.07) is 0. The summed E-state index contributed by atoms with van der Waals surface area (Å²) in [4.78, 5) is 11.9. The van der Waals surface area contributed by atoms with Crippen LogP contribution in [0.2, 0.25) is 0 Å². The summed E-state index contributed by atoms with van der Waals surface area (Å²) in [6.45, 7) is 8.91. The summed E-state index contributed by atoms with van der Waals surface area (Å²) in [5, 5.41) is 42.3. The van der Waals surface area contributed by atoms with Crippen LogP contribution in [0.3, 0.4) is 0 Å². The molecule has 0 aromatic rings. The Hall–Kier alpha value is -1.21. The zero-order valence-electron chi connectivity index (χ0n) is 17.1. The van der Waals surface area contributed by atoms with Crippen molar-refractivity contribution in [2.24, 2.45) is 5.92 Å². The Morgan fingerprint density at radius 3 is 2.33 bits per heavy atom. The fraction of sp³-hybridized carbons (Fsp3) is 0.762. The Labute approximate surface area is 162 Å². The van der Waals surface area contributed by atoms with Gasteiger partial charge in [-0.3, -0.25) is 0 Å². The molecular formula is C21H36O6. The number of methoxy groups -OCH3 is 1. The normalized spacial score (nSPS) is 39.0. The third-order valence-corrected chi connectivity index (χ3v) is 5.84. The van der Waals surface area contributed by atoms with E-state index in [4.69, 9.17) is 4.74 Å². The minimum absolute atomic E-state index is 0.121. The average molecular weight is 385 g/mol. The highest BCUT2D eigenvalue weighted by Gasteiger charge is 2.36. The zero-order chi connectivity index (χ0) is 20.8. The van der Waals surface area contributed by atoms with Crippen LogP contribution in [0.4, 0.5) is 0 Å². The number of rotatable bonds is 2. The molecule has 0 aromatic heterocycles. The largest absolute Gasteiger partial charge is 0.466 e. The van der Waals surface area contributed by atoms with Gasteiger partial charge in [0, 0.05) is 5.57 Å². The summed E-state index contributed by atoms with van der Waals surface area (Å²) >= 11 is 0. The maximum Gasteiger partial charge on any atom is 0.333 e. The first-order valence-electron chi connectivity index (χ1n) is 9.64. The average Bonchev–Trinajstić information content (AvgIpc) is 2.60. The van der Waals surface area contributed by atoms with Crippen molar-refractivity contribution in [3.63, 3.8) is 0 Å². The number of hydrogen-bond acceptors (Lipinski definition) is 6. The molecule has 0 saturated heterocycles. The lowest BCUT2D eigenvalue weighted by molar-refractivity contribution is -0.137. The van der Waals surface area contributed by atoms with Crippen molar-refractivity contribution in [1.82, 2.24) is 0 Å². The molecule has 6 heteroatoms. The third kappa shape index (κ3) is 7.03. The van der Waals surface area contributed by atoms with Gasteiger partial charge in [-0.2, -0.15) is 0 Å². The van der Waals surface area contributed by atoms with Gasteiger partial charge in [-0.25, -0.2) is 4.79 Å². The molecule has 1 unspecified atom stereocenters. The maximum absolute atomic E-state index is 11.9. The summed E-state index contributed by atoms with van der Waals surface area (Å²) in [6.07, 6.45) is 2.74. The fourth-order valence-corrected chi connectivity index (χ4v) is 3.44. The Morgan fingerprint density at radius 2 is 1.74 bits per heavy atom. The monoisotopic (exact) mass is 384 g/mol. The van der Waals surface area contributed by atoms with Crippen LogP contribution < -0.4 is 0 Å². The summed E-state index contributed by atoms with van der Waals surface area (Å²) < 4.78 is 4.74. The molecule has 1 aliphatic rings. The lowest BCUT2D eigenvalue weighted by Gasteiger charge is -2.34. The highest BCUT2D eigenvalue weighted by Crippen LogP contribution is 2.33. The molecule has 0 bridgehead atoms. The molecule has 6 nitrogen and oxygen atoms in total. The van der Waals surface area contributed by atoms with Crippen LogP contribution in [0.5, 0.6) is 0 Å². The van der Waals surface area contributed by atoms with Crippen LogP contribution in [0.25, 0.3) is 0 Å². The van der Waals surface area contributed by atoms with Gasteiger partial charge >= 0.3 is 5.97 Å². The van der Waals surface area contributed by atoms with Crippen LogP contribution >= 0.6 is 0 Å². The molecule has 27 heavy (non-hydrogen) atoms. The first kappa shape index (κ1) is 23.8. The second kappa shape index (κ2) is 9.82. The molecule has 0 aliphatic heterocycles. The van der Waals surface area contributed by atoms with Crippen LogP contribution in [0, 0.1) is 5.92 Å². The first-order chi connectivity index (χ1) is 12.4. The third-order valence-electron chi connectivity index (χ3n) is 5.84. The Balaban J connectivity index is 3.11. The van der Waals surface area contributed by atoms with Gasteiger partial charge in [0.1, 0.15) is 0 Å². The number of aliphatic hydroxyl groups excluding tert-OH is 2. The second-order valence-corrected chi connectivity index (χ2v) is 8.36. The van der Waals surface area contributed by atoms with Gasteiger partial charge in [-0.05, 0) is 71.6 Å². The highest BCUT2D eigenvalue weighted by molar-refractivity contribution is 5.88. The molecule has 0 spiro atoms. The molecule has 156 valence electrons. The number of hydrogen-bond donors (Lipinski definition) is 4. The van der Waals surface area contributed by atoms with Crippen LogP contribution in [0.1, 0.15) is 65.7 Å². The van der Waals surface area contributed by atoms with Gasteiger partial charge in [-0.1, -0.05) is 18.2 Å². The van der Waals surface area contributed by atoms with Crippen molar-refractivity contribution >= 4 is 5.97 Å². The number of carbonyl (C=O) groups is 1. The van der Waals surface area contributed by atoms with E-state index in [9.17, 15) is 25.2 Å². The fourth-order valence-electron chi connectivity index (χ4n) is 3.44. The van der Waals surface area contributed by atoms with E-state index < -0.39 is 35.3 Å². The van der Waals surface area contributed by atoms with Gasteiger partial charge in [0.25, 0.3) is 0 Å². The lowest BCUT2D eigenvalue weighted by Crippen LogP contribution is -2.42. The van der Waals surface area contributed by atoms with Crippen LogP contribution in [-0.2, 0) is 9.53 Å². The van der Waals surface area contributed by atoms with Crippen molar-refractivity contribution in [3.8, 4) is 0 Å². The topological polar surface area (TPSA) is 107 Å². The van der Waals surface area contributed by atoms with Crippen LogP contribution in [0.15, 0.2) is 23.8 Å². The lowest BCUT2D eigenvalue weighted by atomic mass is 9.79. The van der Waals surface area contributed by atoms with Crippen molar-refractivity contribution in [2.75, 3.05) is 7.11 Å². The van der Waals surface area contributed by atoms with E-state index in [0.29, 0.717) is 32.1 Å². The molecule has 0 aromatic carbocycles. The molecule has 0 heterocycles. The molecule has 1 rings (SSSR count). The molecular weight excluding hydrogens is 348 g/mol. The number of ether oxygens (including phenoxy) is 1. The smallest absolute Gasteiger partial charge is 0.333 e. The Kier molecular flexibility index (Phi) is 8.67. The van der Waals surface area contributed by atoms with Crippen molar-refractivity contribution in [1.29, 1.82) is 0 Å². The number of allylic oxidation sites excluding steroid dienone is 2. The number of aliphatic hydroxyl groups is 4. The summed E-state index contributed by atoms with van der Waals surface area (Å²) in [5.41, 5.74) is -1.37. The standard InChI is InChI=1S/C21H36O6/c1-14-7-6-11-20(3,25)18(23)13-16(15(2)19(24)27-5)10-12-21(4,26)17(22)9-8-14/h7,16-18,22-23,25-26H,2,6,8-13H2,1,3-5H3/b14-7+/t16?,17-,18+,20-,21+/m1/s1. The molecule has 1 aliphatic carbocycles. The molecule has 4 N–H and O–H groups in total. The van der Waals surface area contributed by atoms with Crippen molar-refractivity contribution in [2.45, 2.75) is 89.1 Å². The van der Waals surface area contributed by atoms with E-state index in [1.807, 2.05) is 13.0 Å². The Morgan fingerprint density at radius 1 is 1.15 bits per heavy atom. The minimum Gasteiger partial charge on any atom is -0.466 e. The van der Waals surface area contributed by atoms with E-state index >= 15 is 0 Å². The molecule has 0 saturated carbocycles. The van der Waals surface area contributed by atoms with E-state index in [-0.39, 0.29) is 18.4 Å². The van der Waals surface area contributed by atoms with Crippen molar-refractivity contribution < 1.29 is 30.0 Å². The van der Waals surface area contributed by atoms with E-state index in [0.717, 1.165) is 5.57 Å². The van der Waals surface area contributed by atoms with Gasteiger partial charge in [0.2, 0.25) is 0 Å². The quantitative estimate of drug-likeness (QED) is 0.330. The molecule has 0 fully saturated rings. The number of esters is 1. The van der Waals surface area contributed by atoms with E-state index in [2.05, 4.69) is 6.58 Å². The number of carbonyl (C=O) groups excluding carboxylic acids is 1. The predicted molar refractivity (Wildman–Crippen MR) is 104 cm³/mol. The summed E-state index contributed by atoms with van der Waals surface area (Å²) in [5.74, 6) is -1.05. The van der Waals surface area contributed by atoms with Crippen molar-refractivity contribution in [3.05, 3.63) is 23.8 Å². The molecule has 0 amide bonds. The predicted octanol–water partition coefficient (Wildman–Crippen LogP) is 2.25. The zero-order valence-corrected chi connectivity index (χ0v) is 17.1. The van der Waals surface area contributed by atoms with E-state index in [1.54, 1.807) is 13.8 Å². The highest BCUT2D eigenvalue weighted by atomic mass is 16.5. The first-order valence-corrected chi connectivity index (χ1v) is 9.64. The molecule has 5 atom stereocenters. The SMILES string of the molecule is C=C(C(=O)OC)C1CC[C@](C)(O)[C@H](O)CC/C(C)=C/CC[C@@](C)(O)[C@@H](O)C1. The maximum atomic E-state index is 11.9. The van der Waals surface area contributed by atoms with Gasteiger partial charge < -0.3 is 25.2 Å². The Bertz CT molecular complexity index is 549. The second-order valence-electron chi connectivity index (χ2n) is 8.36.